The molecule has 0 aliphatic heterocycles. The van der Waals surface area contributed by atoms with Gasteiger partial charge >= 0.3 is 0 Å². The minimum absolute atomic E-state index is 0.952. The van der Waals surface area contributed by atoms with Crippen molar-refractivity contribution < 1.29 is 4.74 Å². The predicted octanol–water partition coefficient (Wildman–Crippen LogP) is 3.79. The number of methoxy groups -OCH3 is 1. The topological polar surface area (TPSA) is 34.2 Å². The fraction of sp³-hybridized carbons (Fsp3) is 0.357. The molecule has 0 spiro atoms. The molecular weight excluding hydrogens is 244 g/mol. The molecule has 0 saturated heterocycles. The van der Waals surface area contributed by atoms with E-state index in [-0.39, 0.29) is 0 Å². The molecule has 0 bridgehead atoms. The van der Waals surface area contributed by atoms with E-state index in [4.69, 9.17) is 4.74 Å². The van der Waals surface area contributed by atoms with Gasteiger partial charge in [0.05, 0.1) is 17.7 Å². The summed E-state index contributed by atoms with van der Waals surface area (Å²) in [5, 5.41) is 4.04. The quantitative estimate of drug-likeness (QED) is 0.914. The van der Waals surface area contributed by atoms with Gasteiger partial charge in [-0.2, -0.15) is 0 Å². The molecule has 0 aliphatic rings. The lowest BCUT2D eigenvalue weighted by atomic mass is 10.0. The van der Waals surface area contributed by atoms with Crippen molar-refractivity contribution in [1.82, 2.24) is 4.98 Å². The molecule has 0 aliphatic carbocycles. The lowest BCUT2D eigenvalue weighted by Crippen LogP contribution is -1.92. The zero-order valence-corrected chi connectivity index (χ0v) is 12.2. The number of aryl methyl sites for hydroxylation is 3. The van der Waals surface area contributed by atoms with Gasteiger partial charge in [0.2, 0.25) is 0 Å². The highest BCUT2D eigenvalue weighted by molar-refractivity contribution is 7.19. The molecule has 1 heterocycles. The van der Waals surface area contributed by atoms with Crippen molar-refractivity contribution in [3.8, 4) is 16.2 Å². The smallest absolute Gasteiger partial charge is 0.183 e. The number of anilines is 1. The molecule has 4 heteroatoms. The van der Waals surface area contributed by atoms with Crippen LogP contribution in [-0.2, 0) is 0 Å². The van der Waals surface area contributed by atoms with Crippen molar-refractivity contribution in [2.45, 2.75) is 20.8 Å². The number of nitrogens with one attached hydrogen (secondary N) is 1. The standard InChI is InChI=1S/C14H18N2OS/c1-8-6-11(7-9(2)12(8)17-5)13-10(3)16-14(15-4)18-13/h6-7H,1-5H3,(H,15,16). The second-order valence-electron chi connectivity index (χ2n) is 4.33. The molecule has 2 rings (SSSR count). The first-order valence-electron chi connectivity index (χ1n) is 5.87. The summed E-state index contributed by atoms with van der Waals surface area (Å²) in [5.41, 5.74) is 4.59. The Morgan fingerprint density at radius 2 is 1.78 bits per heavy atom. The number of rotatable bonds is 3. The van der Waals surface area contributed by atoms with Gasteiger partial charge in [0.15, 0.2) is 5.13 Å². The summed E-state index contributed by atoms with van der Waals surface area (Å²) in [5.74, 6) is 0.967. The summed E-state index contributed by atoms with van der Waals surface area (Å²) in [7, 11) is 3.61. The normalized spacial score (nSPS) is 10.5. The molecule has 1 aromatic carbocycles. The van der Waals surface area contributed by atoms with Crippen LogP contribution in [0.2, 0.25) is 0 Å². The third-order valence-electron chi connectivity index (χ3n) is 2.94. The number of nitrogens with zero attached hydrogens (tertiary/aromatic N) is 1. The molecule has 0 fully saturated rings. The molecule has 0 amide bonds. The molecule has 2 aromatic rings. The molecule has 0 atom stereocenters. The van der Waals surface area contributed by atoms with E-state index in [0.717, 1.165) is 27.7 Å². The number of benzene rings is 1. The highest BCUT2D eigenvalue weighted by Crippen LogP contribution is 2.36. The lowest BCUT2D eigenvalue weighted by Gasteiger charge is -2.10. The highest BCUT2D eigenvalue weighted by atomic mass is 32.1. The molecule has 3 nitrogen and oxygen atoms in total. The monoisotopic (exact) mass is 262 g/mol. The van der Waals surface area contributed by atoms with E-state index in [1.807, 2.05) is 14.0 Å². The van der Waals surface area contributed by atoms with Gasteiger partial charge in [-0.15, -0.1) is 0 Å². The number of hydrogen-bond acceptors (Lipinski definition) is 4. The van der Waals surface area contributed by atoms with Crippen LogP contribution < -0.4 is 10.1 Å². The zero-order chi connectivity index (χ0) is 13.3. The Morgan fingerprint density at radius 1 is 1.17 bits per heavy atom. The third-order valence-corrected chi connectivity index (χ3v) is 4.16. The Labute approximate surface area is 112 Å². The van der Waals surface area contributed by atoms with Crippen molar-refractivity contribution in [3.63, 3.8) is 0 Å². The van der Waals surface area contributed by atoms with Crippen molar-refractivity contribution in [1.29, 1.82) is 0 Å². The Bertz CT molecular complexity index is 552. The van der Waals surface area contributed by atoms with E-state index in [9.17, 15) is 0 Å². The average molecular weight is 262 g/mol. The molecule has 1 aromatic heterocycles. The summed E-state index contributed by atoms with van der Waals surface area (Å²) in [6.45, 7) is 6.19. The Kier molecular flexibility index (Phi) is 3.57. The summed E-state index contributed by atoms with van der Waals surface area (Å²) in [4.78, 5) is 5.70. The Hall–Kier alpha value is -1.55. The van der Waals surface area contributed by atoms with Crippen molar-refractivity contribution >= 4 is 16.5 Å². The van der Waals surface area contributed by atoms with Crippen LogP contribution in [0.3, 0.4) is 0 Å². The lowest BCUT2D eigenvalue weighted by molar-refractivity contribution is 0.408. The number of thiazole rings is 1. The maximum Gasteiger partial charge on any atom is 0.183 e. The predicted molar refractivity (Wildman–Crippen MR) is 77.9 cm³/mol. The van der Waals surface area contributed by atoms with E-state index in [0.29, 0.717) is 0 Å². The first kappa shape index (κ1) is 12.9. The van der Waals surface area contributed by atoms with E-state index in [1.54, 1.807) is 18.4 Å². The maximum absolute atomic E-state index is 5.40. The van der Waals surface area contributed by atoms with Crippen molar-refractivity contribution in [2.24, 2.45) is 0 Å². The number of aromatic nitrogens is 1. The fourth-order valence-electron chi connectivity index (χ4n) is 2.17. The minimum atomic E-state index is 0.952. The van der Waals surface area contributed by atoms with Crippen LogP contribution >= 0.6 is 11.3 Å². The summed E-state index contributed by atoms with van der Waals surface area (Å²) in [6.07, 6.45) is 0. The summed E-state index contributed by atoms with van der Waals surface area (Å²) in [6, 6.07) is 4.32. The van der Waals surface area contributed by atoms with Gasteiger partial charge in [0.1, 0.15) is 5.75 Å². The van der Waals surface area contributed by atoms with E-state index >= 15 is 0 Å². The van der Waals surface area contributed by atoms with Gasteiger partial charge in [-0.25, -0.2) is 4.98 Å². The van der Waals surface area contributed by atoms with Crippen LogP contribution in [0.25, 0.3) is 10.4 Å². The Morgan fingerprint density at radius 3 is 2.22 bits per heavy atom. The summed E-state index contributed by atoms with van der Waals surface area (Å²) < 4.78 is 5.40. The summed E-state index contributed by atoms with van der Waals surface area (Å²) >= 11 is 1.68. The molecule has 0 unspecified atom stereocenters. The largest absolute Gasteiger partial charge is 0.496 e. The number of hydrogen-bond donors (Lipinski definition) is 1. The third kappa shape index (κ3) is 2.20. The van der Waals surface area contributed by atoms with Crippen molar-refractivity contribution in [2.75, 3.05) is 19.5 Å². The van der Waals surface area contributed by atoms with Gasteiger partial charge in [0.25, 0.3) is 0 Å². The van der Waals surface area contributed by atoms with Crippen LogP contribution in [0, 0.1) is 20.8 Å². The van der Waals surface area contributed by atoms with Crippen molar-refractivity contribution in [3.05, 3.63) is 29.0 Å². The minimum Gasteiger partial charge on any atom is -0.496 e. The zero-order valence-electron chi connectivity index (χ0n) is 11.4. The van der Waals surface area contributed by atoms with Crippen LogP contribution in [0.1, 0.15) is 16.8 Å². The number of ether oxygens (including phenoxy) is 1. The maximum atomic E-state index is 5.40. The molecule has 96 valence electrons. The van der Waals surface area contributed by atoms with Gasteiger partial charge in [-0.05, 0) is 49.6 Å². The van der Waals surface area contributed by atoms with E-state index in [1.165, 1.54) is 10.4 Å². The SMILES string of the molecule is CNc1nc(C)c(-c2cc(C)c(OC)c(C)c2)s1. The van der Waals surface area contributed by atoms with Crippen LogP contribution in [0.15, 0.2) is 12.1 Å². The van der Waals surface area contributed by atoms with Gasteiger partial charge in [-0.1, -0.05) is 11.3 Å². The molecular formula is C14H18N2OS. The van der Waals surface area contributed by atoms with Crippen LogP contribution in [0.5, 0.6) is 5.75 Å². The van der Waals surface area contributed by atoms with E-state index < -0.39 is 0 Å². The first-order valence-corrected chi connectivity index (χ1v) is 6.69. The molecule has 1 N–H and O–H groups in total. The molecule has 0 saturated carbocycles. The van der Waals surface area contributed by atoms with E-state index in [2.05, 4.69) is 36.3 Å². The fourth-order valence-corrected chi connectivity index (χ4v) is 3.08. The molecule has 0 radical (unpaired) electrons. The van der Waals surface area contributed by atoms with Gasteiger partial charge < -0.3 is 10.1 Å². The average Bonchev–Trinajstić information content (AvgIpc) is 2.70. The van der Waals surface area contributed by atoms with Crippen LogP contribution in [0.4, 0.5) is 5.13 Å². The first-order chi connectivity index (χ1) is 8.56. The second kappa shape index (κ2) is 4.98. The second-order valence-corrected chi connectivity index (χ2v) is 5.33. The molecule has 18 heavy (non-hydrogen) atoms. The van der Waals surface area contributed by atoms with Gasteiger partial charge in [-0.3, -0.25) is 0 Å². The van der Waals surface area contributed by atoms with Crippen LogP contribution in [-0.4, -0.2) is 19.1 Å². The van der Waals surface area contributed by atoms with Gasteiger partial charge in [0, 0.05) is 7.05 Å². The Balaban J connectivity index is 2.54. The highest BCUT2D eigenvalue weighted by Gasteiger charge is 2.12.